The minimum atomic E-state index is 0.693. The van der Waals surface area contributed by atoms with E-state index >= 15 is 0 Å². The maximum Gasteiger partial charge on any atom is 0.0413 e. The second kappa shape index (κ2) is 6.67. The van der Waals surface area contributed by atoms with Gasteiger partial charge in [-0.3, -0.25) is 4.98 Å². The summed E-state index contributed by atoms with van der Waals surface area (Å²) in [5.74, 6) is 2.31. The summed E-state index contributed by atoms with van der Waals surface area (Å²) < 4.78 is 1.05. The summed E-state index contributed by atoms with van der Waals surface area (Å²) >= 11 is 3.43. The molecule has 2 N–H and O–H groups in total. The number of aromatic nitrogens is 1. The van der Waals surface area contributed by atoms with E-state index in [0.29, 0.717) is 5.92 Å². The van der Waals surface area contributed by atoms with Crippen LogP contribution in [0.15, 0.2) is 22.8 Å². The summed E-state index contributed by atoms with van der Waals surface area (Å²) in [5.41, 5.74) is 7.14. The van der Waals surface area contributed by atoms with Gasteiger partial charge >= 0.3 is 0 Å². The molecule has 2 nitrogen and oxygen atoms in total. The van der Waals surface area contributed by atoms with Crippen molar-refractivity contribution in [3.05, 3.63) is 28.5 Å². The van der Waals surface area contributed by atoms with E-state index in [4.69, 9.17) is 5.73 Å². The van der Waals surface area contributed by atoms with Crippen molar-refractivity contribution in [2.45, 2.75) is 39.0 Å². The van der Waals surface area contributed by atoms with Gasteiger partial charge in [-0.15, -0.1) is 0 Å². The molecule has 0 aliphatic heterocycles. The monoisotopic (exact) mass is 310 g/mol. The summed E-state index contributed by atoms with van der Waals surface area (Å²) in [6, 6.07) is 4.22. The van der Waals surface area contributed by atoms with Crippen LogP contribution in [0.2, 0.25) is 0 Å². The van der Waals surface area contributed by atoms with Crippen molar-refractivity contribution >= 4 is 15.9 Å². The lowest BCUT2D eigenvalue weighted by atomic mass is 9.71. The molecule has 0 spiro atoms. The molecule has 2 rings (SSSR count). The Balaban J connectivity index is 2.02. The van der Waals surface area contributed by atoms with Gasteiger partial charge in [0.1, 0.15) is 0 Å². The average Bonchev–Trinajstić information content (AvgIpc) is 2.41. The summed E-state index contributed by atoms with van der Waals surface area (Å²) in [4.78, 5) is 4.50. The summed E-state index contributed by atoms with van der Waals surface area (Å²) in [5, 5.41) is 0. The average molecular weight is 311 g/mol. The fraction of sp³-hybridized carbons (Fsp3) is 0.667. The quantitative estimate of drug-likeness (QED) is 0.919. The lowest BCUT2D eigenvalue weighted by molar-refractivity contribution is 0.179. The Bertz CT molecular complexity index is 363. The number of nitrogens with zero attached hydrogens (tertiary/aromatic N) is 1. The first-order chi connectivity index (χ1) is 8.72. The van der Waals surface area contributed by atoms with Crippen molar-refractivity contribution < 1.29 is 0 Å². The van der Waals surface area contributed by atoms with Crippen LogP contribution in [0.1, 0.15) is 38.3 Å². The predicted molar refractivity (Wildman–Crippen MR) is 79.3 cm³/mol. The molecule has 3 unspecified atom stereocenters. The molecule has 0 saturated heterocycles. The first-order valence-corrected chi connectivity index (χ1v) is 7.82. The predicted octanol–water partition coefficient (Wildman–Crippen LogP) is 3.79. The van der Waals surface area contributed by atoms with Gasteiger partial charge in [0.05, 0.1) is 0 Å². The SMILES string of the molecule is CCC1CCC(CN)C(Cc2ccc(Br)cn2)C1. The van der Waals surface area contributed by atoms with Crippen LogP contribution < -0.4 is 5.73 Å². The van der Waals surface area contributed by atoms with Gasteiger partial charge in [0.2, 0.25) is 0 Å². The second-order valence-corrected chi connectivity index (χ2v) is 6.43. The van der Waals surface area contributed by atoms with E-state index in [1.807, 2.05) is 6.20 Å². The van der Waals surface area contributed by atoms with Crippen LogP contribution in [0.5, 0.6) is 0 Å². The van der Waals surface area contributed by atoms with Crippen LogP contribution in [-0.4, -0.2) is 11.5 Å². The number of halogens is 1. The van der Waals surface area contributed by atoms with Crippen LogP contribution in [0.3, 0.4) is 0 Å². The van der Waals surface area contributed by atoms with Gasteiger partial charge in [-0.05, 0) is 71.6 Å². The highest BCUT2D eigenvalue weighted by Gasteiger charge is 2.29. The summed E-state index contributed by atoms with van der Waals surface area (Å²) in [6.07, 6.45) is 8.29. The Morgan fingerprint density at radius 3 is 2.78 bits per heavy atom. The van der Waals surface area contributed by atoms with Gasteiger partial charge < -0.3 is 5.73 Å². The number of hydrogen-bond acceptors (Lipinski definition) is 2. The number of hydrogen-bond donors (Lipinski definition) is 1. The maximum absolute atomic E-state index is 5.93. The Morgan fingerprint density at radius 1 is 1.33 bits per heavy atom. The molecule has 1 aromatic rings. The van der Waals surface area contributed by atoms with Crippen molar-refractivity contribution in [1.82, 2.24) is 4.98 Å². The molecule has 1 heterocycles. The van der Waals surface area contributed by atoms with Crippen molar-refractivity contribution in [2.24, 2.45) is 23.5 Å². The third kappa shape index (κ3) is 3.55. The summed E-state index contributed by atoms with van der Waals surface area (Å²) in [7, 11) is 0. The number of rotatable bonds is 4. The van der Waals surface area contributed by atoms with Gasteiger partial charge in [0, 0.05) is 16.4 Å². The third-order valence-electron chi connectivity index (χ3n) is 4.39. The number of pyridine rings is 1. The molecule has 0 radical (unpaired) electrons. The van der Waals surface area contributed by atoms with Crippen LogP contribution in [-0.2, 0) is 6.42 Å². The molecular formula is C15H23BrN2. The Morgan fingerprint density at radius 2 is 2.17 bits per heavy atom. The van der Waals surface area contributed by atoms with E-state index in [2.05, 4.69) is 40.0 Å². The molecule has 0 aromatic carbocycles. The minimum Gasteiger partial charge on any atom is -0.330 e. The van der Waals surface area contributed by atoms with E-state index in [1.165, 1.54) is 31.4 Å². The lowest BCUT2D eigenvalue weighted by Gasteiger charge is -2.35. The summed E-state index contributed by atoms with van der Waals surface area (Å²) in [6.45, 7) is 3.14. The normalized spacial score (nSPS) is 28.3. The maximum atomic E-state index is 5.93. The molecule has 100 valence electrons. The van der Waals surface area contributed by atoms with E-state index in [0.717, 1.165) is 29.3 Å². The van der Waals surface area contributed by atoms with Crippen molar-refractivity contribution in [2.75, 3.05) is 6.54 Å². The molecule has 18 heavy (non-hydrogen) atoms. The third-order valence-corrected chi connectivity index (χ3v) is 4.86. The molecule has 1 fully saturated rings. The smallest absolute Gasteiger partial charge is 0.0413 e. The Hall–Kier alpha value is -0.410. The standard InChI is InChI=1S/C15H23BrN2/c1-2-11-3-4-12(9-17)13(7-11)8-15-6-5-14(16)10-18-15/h5-6,10-13H,2-4,7-9,17H2,1H3. The zero-order valence-electron chi connectivity index (χ0n) is 11.1. The highest BCUT2D eigenvalue weighted by atomic mass is 79.9. The van der Waals surface area contributed by atoms with Gasteiger partial charge in [-0.25, -0.2) is 0 Å². The molecule has 1 saturated carbocycles. The van der Waals surface area contributed by atoms with Crippen LogP contribution in [0.25, 0.3) is 0 Å². The fourth-order valence-corrected chi connectivity index (χ4v) is 3.39. The topological polar surface area (TPSA) is 38.9 Å². The van der Waals surface area contributed by atoms with Crippen molar-refractivity contribution in [3.8, 4) is 0 Å². The van der Waals surface area contributed by atoms with Crippen LogP contribution >= 0.6 is 15.9 Å². The first kappa shape index (κ1) is 14.0. The zero-order chi connectivity index (χ0) is 13.0. The molecule has 3 heteroatoms. The molecule has 0 amide bonds. The fourth-order valence-electron chi connectivity index (χ4n) is 3.15. The van der Waals surface area contributed by atoms with Crippen LogP contribution in [0.4, 0.5) is 0 Å². The van der Waals surface area contributed by atoms with E-state index < -0.39 is 0 Å². The van der Waals surface area contributed by atoms with E-state index in [1.54, 1.807) is 0 Å². The van der Waals surface area contributed by atoms with E-state index in [-0.39, 0.29) is 0 Å². The Kier molecular flexibility index (Phi) is 5.19. The Labute approximate surface area is 119 Å². The number of nitrogens with two attached hydrogens (primary N) is 1. The molecular weight excluding hydrogens is 288 g/mol. The van der Waals surface area contributed by atoms with Gasteiger partial charge in [0.15, 0.2) is 0 Å². The van der Waals surface area contributed by atoms with E-state index in [9.17, 15) is 0 Å². The molecule has 0 bridgehead atoms. The second-order valence-electron chi connectivity index (χ2n) is 5.52. The minimum absolute atomic E-state index is 0.693. The molecule has 1 aromatic heterocycles. The van der Waals surface area contributed by atoms with Gasteiger partial charge in [-0.1, -0.05) is 19.8 Å². The molecule has 1 aliphatic carbocycles. The highest BCUT2D eigenvalue weighted by molar-refractivity contribution is 9.10. The van der Waals surface area contributed by atoms with Crippen molar-refractivity contribution in [1.29, 1.82) is 0 Å². The van der Waals surface area contributed by atoms with Gasteiger partial charge in [0.25, 0.3) is 0 Å². The molecule has 3 atom stereocenters. The first-order valence-electron chi connectivity index (χ1n) is 7.03. The lowest BCUT2D eigenvalue weighted by Crippen LogP contribution is -2.31. The zero-order valence-corrected chi connectivity index (χ0v) is 12.7. The molecule has 1 aliphatic rings. The van der Waals surface area contributed by atoms with Crippen LogP contribution in [0, 0.1) is 17.8 Å². The highest BCUT2D eigenvalue weighted by Crippen LogP contribution is 2.36. The largest absolute Gasteiger partial charge is 0.330 e. The van der Waals surface area contributed by atoms with Gasteiger partial charge in [-0.2, -0.15) is 0 Å². The van der Waals surface area contributed by atoms with Crippen molar-refractivity contribution in [3.63, 3.8) is 0 Å².